The van der Waals surface area contributed by atoms with E-state index in [2.05, 4.69) is 19.9 Å². The summed E-state index contributed by atoms with van der Waals surface area (Å²) in [5, 5.41) is 0. The third-order valence-corrected chi connectivity index (χ3v) is 4.72. The van der Waals surface area contributed by atoms with E-state index in [0.717, 1.165) is 17.8 Å². The van der Waals surface area contributed by atoms with Crippen molar-refractivity contribution in [3.8, 4) is 0 Å². The van der Waals surface area contributed by atoms with Crippen molar-refractivity contribution in [1.29, 1.82) is 0 Å². The molecule has 2 saturated carbocycles. The normalized spacial score (nSPS) is 46.4. The van der Waals surface area contributed by atoms with Crippen LogP contribution in [0.15, 0.2) is 12.2 Å². The first kappa shape index (κ1) is 9.95. The summed E-state index contributed by atoms with van der Waals surface area (Å²) in [4.78, 5) is 11.0. The number of carbonyl (C=O) groups is 1. The van der Waals surface area contributed by atoms with Gasteiger partial charge in [0, 0.05) is 0 Å². The lowest BCUT2D eigenvalue weighted by Gasteiger charge is -2.37. The summed E-state index contributed by atoms with van der Waals surface area (Å²) in [6.45, 7) is 6.33. The second-order valence-electron chi connectivity index (χ2n) is 5.37. The predicted molar refractivity (Wildman–Crippen MR) is 57.9 cm³/mol. The lowest BCUT2D eigenvalue weighted by molar-refractivity contribution is -0.112. The van der Waals surface area contributed by atoms with Crippen LogP contribution in [0.1, 0.15) is 40.0 Å². The first-order valence-corrected chi connectivity index (χ1v) is 5.74. The highest BCUT2D eigenvalue weighted by atomic mass is 16.1. The topological polar surface area (TPSA) is 17.1 Å². The Morgan fingerprint density at radius 3 is 2.64 bits per heavy atom. The van der Waals surface area contributed by atoms with Gasteiger partial charge in [-0.3, -0.25) is 4.79 Å². The lowest BCUT2D eigenvalue weighted by Crippen LogP contribution is -2.29. The van der Waals surface area contributed by atoms with E-state index in [1.54, 1.807) is 13.0 Å². The Bertz CT molecular complexity index is 275. The summed E-state index contributed by atoms with van der Waals surface area (Å²) >= 11 is 0. The molecule has 0 aliphatic heterocycles. The minimum atomic E-state index is 0.182. The number of hydrogen-bond donors (Lipinski definition) is 0. The molecule has 2 aliphatic carbocycles. The van der Waals surface area contributed by atoms with Crippen molar-refractivity contribution < 1.29 is 4.79 Å². The molecule has 0 amide bonds. The lowest BCUT2D eigenvalue weighted by atomic mass is 9.68. The van der Waals surface area contributed by atoms with Gasteiger partial charge in [0.2, 0.25) is 0 Å². The summed E-state index contributed by atoms with van der Waals surface area (Å²) in [5.41, 5.74) is 0.300. The first-order chi connectivity index (χ1) is 6.54. The van der Waals surface area contributed by atoms with Crippen LogP contribution in [-0.2, 0) is 4.79 Å². The summed E-state index contributed by atoms with van der Waals surface area (Å²) in [6, 6.07) is 0. The number of rotatable bonds is 2. The second-order valence-corrected chi connectivity index (χ2v) is 5.37. The summed E-state index contributed by atoms with van der Waals surface area (Å²) < 4.78 is 0. The highest BCUT2D eigenvalue weighted by Crippen LogP contribution is 2.59. The van der Waals surface area contributed by atoms with E-state index in [0.29, 0.717) is 5.41 Å². The van der Waals surface area contributed by atoms with E-state index < -0.39 is 0 Å². The Kier molecular flexibility index (Phi) is 2.29. The largest absolute Gasteiger partial charge is 0.295 e. The Morgan fingerprint density at radius 2 is 2.14 bits per heavy atom. The Balaban J connectivity index is 2.19. The average Bonchev–Trinajstić information content (AvgIpc) is 2.68. The van der Waals surface area contributed by atoms with E-state index in [1.165, 1.54) is 19.3 Å². The molecule has 2 aliphatic rings. The van der Waals surface area contributed by atoms with Crippen LogP contribution < -0.4 is 0 Å². The van der Waals surface area contributed by atoms with Crippen LogP contribution in [0.2, 0.25) is 0 Å². The molecule has 0 spiro atoms. The molecule has 1 heteroatoms. The van der Waals surface area contributed by atoms with Crippen molar-refractivity contribution in [2.45, 2.75) is 40.0 Å². The van der Waals surface area contributed by atoms with E-state index in [4.69, 9.17) is 0 Å². The van der Waals surface area contributed by atoms with Crippen molar-refractivity contribution in [3.63, 3.8) is 0 Å². The molecule has 4 atom stereocenters. The van der Waals surface area contributed by atoms with E-state index in [9.17, 15) is 4.79 Å². The molecular formula is C13H20O. The van der Waals surface area contributed by atoms with Gasteiger partial charge in [0.25, 0.3) is 0 Å². The molecule has 2 bridgehead atoms. The van der Waals surface area contributed by atoms with Crippen molar-refractivity contribution in [2.75, 3.05) is 0 Å². The zero-order valence-electron chi connectivity index (χ0n) is 9.42. The first-order valence-electron chi connectivity index (χ1n) is 5.74. The van der Waals surface area contributed by atoms with Crippen LogP contribution in [0.25, 0.3) is 0 Å². The fraction of sp³-hybridized carbons (Fsp3) is 0.769. The monoisotopic (exact) mass is 192 g/mol. The van der Waals surface area contributed by atoms with Crippen LogP contribution in [0.5, 0.6) is 0 Å². The molecule has 0 aromatic carbocycles. The third kappa shape index (κ3) is 1.34. The predicted octanol–water partition coefficient (Wildman–Crippen LogP) is 3.20. The van der Waals surface area contributed by atoms with E-state index in [-0.39, 0.29) is 5.78 Å². The van der Waals surface area contributed by atoms with Gasteiger partial charge in [-0.15, -0.1) is 0 Å². The smallest absolute Gasteiger partial charge is 0.152 e. The third-order valence-electron chi connectivity index (χ3n) is 4.72. The van der Waals surface area contributed by atoms with Crippen LogP contribution >= 0.6 is 0 Å². The number of allylic oxidation sites excluding steroid dienone is 2. The molecule has 0 aromatic heterocycles. The molecule has 0 aromatic rings. The van der Waals surface area contributed by atoms with Gasteiger partial charge in [0.1, 0.15) is 0 Å². The number of carbonyl (C=O) groups excluding carboxylic acids is 1. The molecule has 2 rings (SSSR count). The zero-order valence-corrected chi connectivity index (χ0v) is 9.42. The van der Waals surface area contributed by atoms with Crippen LogP contribution in [0.3, 0.4) is 0 Å². The minimum Gasteiger partial charge on any atom is -0.295 e. The highest BCUT2D eigenvalue weighted by Gasteiger charge is 2.51. The highest BCUT2D eigenvalue weighted by molar-refractivity contribution is 5.87. The van der Waals surface area contributed by atoms with Gasteiger partial charge in [0.05, 0.1) is 0 Å². The number of hydrogen-bond acceptors (Lipinski definition) is 1. The molecule has 0 radical (unpaired) electrons. The summed E-state index contributed by atoms with van der Waals surface area (Å²) in [5.74, 6) is 2.69. The molecule has 0 N–H and O–H groups in total. The Labute approximate surface area is 86.6 Å². The van der Waals surface area contributed by atoms with Crippen molar-refractivity contribution in [2.24, 2.45) is 23.2 Å². The van der Waals surface area contributed by atoms with E-state index in [1.807, 2.05) is 0 Å². The molecule has 1 nitrogen and oxygen atoms in total. The van der Waals surface area contributed by atoms with Gasteiger partial charge in [-0.2, -0.15) is 0 Å². The maximum absolute atomic E-state index is 11.0. The van der Waals surface area contributed by atoms with E-state index >= 15 is 0 Å². The maximum Gasteiger partial charge on any atom is 0.152 e. The quantitative estimate of drug-likeness (QED) is 0.614. The molecule has 0 heterocycles. The van der Waals surface area contributed by atoms with Gasteiger partial charge < -0.3 is 0 Å². The molecule has 14 heavy (non-hydrogen) atoms. The van der Waals surface area contributed by atoms with Crippen molar-refractivity contribution >= 4 is 5.78 Å². The van der Waals surface area contributed by atoms with Crippen LogP contribution in [-0.4, -0.2) is 5.78 Å². The molecule has 2 fully saturated rings. The molecule has 78 valence electrons. The number of ketones is 1. The minimum absolute atomic E-state index is 0.182. The van der Waals surface area contributed by atoms with Crippen LogP contribution in [0.4, 0.5) is 0 Å². The molecular weight excluding hydrogens is 172 g/mol. The second kappa shape index (κ2) is 3.22. The molecule has 0 saturated heterocycles. The van der Waals surface area contributed by atoms with Gasteiger partial charge >= 0.3 is 0 Å². The van der Waals surface area contributed by atoms with Gasteiger partial charge in [0.15, 0.2) is 5.78 Å². The maximum atomic E-state index is 11.0. The Morgan fingerprint density at radius 1 is 1.43 bits per heavy atom. The summed E-state index contributed by atoms with van der Waals surface area (Å²) in [7, 11) is 0. The Hall–Kier alpha value is -0.590. The standard InChI is InChI=1S/C13H20O/c1-9(14)6-7-13(3)10(2)11-4-5-12(13)8-11/h6-7,10-12H,4-5,8H2,1-3H3/b7-6+. The van der Waals surface area contributed by atoms with Gasteiger partial charge in [-0.1, -0.05) is 19.9 Å². The van der Waals surface area contributed by atoms with Gasteiger partial charge in [-0.05, 0) is 55.4 Å². The molecule has 4 unspecified atom stereocenters. The fourth-order valence-corrected chi connectivity index (χ4v) is 3.50. The SMILES string of the molecule is CC(=O)/C=C/C1(C)C2CCC(C2)C1C. The van der Waals surface area contributed by atoms with Crippen molar-refractivity contribution in [3.05, 3.63) is 12.2 Å². The van der Waals surface area contributed by atoms with Crippen LogP contribution in [0, 0.1) is 23.2 Å². The zero-order chi connectivity index (χ0) is 10.3. The summed E-state index contributed by atoms with van der Waals surface area (Å²) in [6.07, 6.45) is 8.13. The van der Waals surface area contributed by atoms with Gasteiger partial charge in [-0.25, -0.2) is 0 Å². The number of fused-ring (bicyclic) bond motifs is 2. The average molecular weight is 192 g/mol. The van der Waals surface area contributed by atoms with Crippen molar-refractivity contribution in [1.82, 2.24) is 0 Å². The fourth-order valence-electron chi connectivity index (χ4n) is 3.50.